The van der Waals surface area contributed by atoms with Crippen LogP contribution in [0.5, 0.6) is 11.5 Å². The second kappa shape index (κ2) is 4.68. The molecule has 0 saturated carbocycles. The van der Waals surface area contributed by atoms with Crippen LogP contribution in [0.25, 0.3) is 0 Å². The van der Waals surface area contributed by atoms with Gasteiger partial charge in [0.05, 0.1) is 5.02 Å². The van der Waals surface area contributed by atoms with Crippen LogP contribution in [0, 0.1) is 5.92 Å². The van der Waals surface area contributed by atoms with E-state index >= 15 is 0 Å². The molecule has 0 aliphatic carbocycles. The van der Waals surface area contributed by atoms with Crippen molar-refractivity contribution in [1.29, 1.82) is 0 Å². The zero-order chi connectivity index (χ0) is 12.7. The average Bonchev–Trinajstić information content (AvgIpc) is 2.83. The molecule has 1 aromatic carbocycles. The number of phenols is 2. The van der Waals surface area contributed by atoms with Crippen molar-refractivity contribution in [3.63, 3.8) is 0 Å². The van der Waals surface area contributed by atoms with E-state index in [1.807, 2.05) is 11.8 Å². The van der Waals surface area contributed by atoms with Crippen LogP contribution >= 0.6 is 23.4 Å². The number of phenolic OH excluding ortho intramolecular Hbond substituents is 2. The third-order valence-corrected chi connectivity index (χ3v) is 5.08. The lowest BCUT2D eigenvalue weighted by Gasteiger charge is -2.34. The van der Waals surface area contributed by atoms with Gasteiger partial charge < -0.3 is 15.5 Å². The molecule has 0 bridgehead atoms. The molecule has 1 saturated heterocycles. The van der Waals surface area contributed by atoms with Gasteiger partial charge in [0, 0.05) is 24.3 Å². The lowest BCUT2D eigenvalue weighted by Crippen LogP contribution is -2.41. The summed E-state index contributed by atoms with van der Waals surface area (Å²) in [6, 6.07) is 3.37. The fourth-order valence-electron chi connectivity index (χ4n) is 2.71. The Labute approximate surface area is 115 Å². The second-order valence-corrected chi connectivity index (χ2v) is 6.27. The summed E-state index contributed by atoms with van der Waals surface area (Å²) in [6.45, 7) is 1.88. The van der Waals surface area contributed by atoms with Gasteiger partial charge in [0.2, 0.25) is 0 Å². The predicted octanol–water partition coefficient (Wildman–Crippen LogP) is 2.68. The lowest BCUT2D eigenvalue weighted by molar-refractivity contribution is 0.385. The maximum absolute atomic E-state index is 9.67. The van der Waals surface area contributed by atoms with E-state index in [4.69, 9.17) is 11.6 Å². The van der Waals surface area contributed by atoms with E-state index in [9.17, 15) is 10.2 Å². The van der Waals surface area contributed by atoms with E-state index in [1.165, 1.54) is 0 Å². The van der Waals surface area contributed by atoms with E-state index in [0.29, 0.717) is 17.1 Å². The monoisotopic (exact) mass is 283 g/mol. The Morgan fingerprint density at radius 1 is 1.28 bits per heavy atom. The Morgan fingerprint density at radius 2 is 2.11 bits per heavy atom. The van der Waals surface area contributed by atoms with E-state index in [1.54, 1.807) is 12.1 Å². The van der Waals surface area contributed by atoms with Crippen molar-refractivity contribution in [3.8, 4) is 11.5 Å². The van der Waals surface area contributed by atoms with E-state index in [-0.39, 0.29) is 16.5 Å². The molecule has 2 aliphatic heterocycles. The largest absolute Gasteiger partial charge is 0.504 e. The smallest absolute Gasteiger partial charge is 0.176 e. The number of benzene rings is 1. The Morgan fingerprint density at radius 3 is 2.89 bits per heavy atom. The molecule has 0 aromatic heterocycles. The number of allylic oxidation sites excluding steroid dienone is 1. The van der Waals surface area contributed by atoms with Crippen molar-refractivity contribution in [3.05, 3.63) is 34.2 Å². The number of hydrogen-bond acceptors (Lipinski definition) is 4. The highest BCUT2D eigenvalue weighted by atomic mass is 35.5. The topological polar surface area (TPSA) is 52.5 Å². The molecule has 2 aliphatic rings. The Balaban J connectivity index is 1.96. The maximum atomic E-state index is 9.67. The molecule has 3 rings (SSSR count). The Bertz CT molecular complexity index is 483. The van der Waals surface area contributed by atoms with Gasteiger partial charge in [0.15, 0.2) is 11.5 Å². The standard InChI is InChI=1S/C13H14ClNO2S/c14-10-3-7(4-11(16)13(10)17)9-5-15-6-12-8(9)1-2-18-12/h1-4,8-9,12,15-17H,5-6H2. The van der Waals surface area contributed by atoms with Crippen LogP contribution in [0.4, 0.5) is 0 Å². The summed E-state index contributed by atoms with van der Waals surface area (Å²) >= 11 is 7.78. The number of nitrogens with one attached hydrogen (secondary N) is 1. The van der Waals surface area contributed by atoms with Crippen molar-refractivity contribution in [2.75, 3.05) is 13.1 Å². The van der Waals surface area contributed by atoms with Crippen molar-refractivity contribution in [1.82, 2.24) is 5.32 Å². The first-order valence-electron chi connectivity index (χ1n) is 5.91. The Kier molecular flexibility index (Phi) is 3.18. The quantitative estimate of drug-likeness (QED) is 0.694. The number of thioether (sulfide) groups is 1. The molecular weight excluding hydrogens is 270 g/mol. The molecule has 18 heavy (non-hydrogen) atoms. The third kappa shape index (κ3) is 1.98. The number of rotatable bonds is 1. The van der Waals surface area contributed by atoms with Gasteiger partial charge in [-0.2, -0.15) is 0 Å². The molecule has 0 spiro atoms. The van der Waals surface area contributed by atoms with Crippen LogP contribution in [0.1, 0.15) is 11.5 Å². The minimum atomic E-state index is -0.239. The third-order valence-electron chi connectivity index (χ3n) is 3.65. The van der Waals surface area contributed by atoms with Crippen LogP contribution in [0.2, 0.25) is 5.02 Å². The zero-order valence-electron chi connectivity index (χ0n) is 9.64. The minimum Gasteiger partial charge on any atom is -0.504 e. The molecule has 3 N–H and O–H groups in total. The summed E-state index contributed by atoms with van der Waals surface area (Å²) < 4.78 is 0. The summed E-state index contributed by atoms with van der Waals surface area (Å²) in [6.07, 6.45) is 2.23. The van der Waals surface area contributed by atoms with Gasteiger partial charge in [-0.3, -0.25) is 0 Å². The van der Waals surface area contributed by atoms with Gasteiger partial charge in [-0.05, 0) is 29.0 Å². The number of fused-ring (bicyclic) bond motifs is 1. The lowest BCUT2D eigenvalue weighted by atomic mass is 9.81. The zero-order valence-corrected chi connectivity index (χ0v) is 11.2. The highest BCUT2D eigenvalue weighted by molar-refractivity contribution is 8.03. The van der Waals surface area contributed by atoms with E-state index in [2.05, 4.69) is 16.8 Å². The molecule has 5 heteroatoms. The highest BCUT2D eigenvalue weighted by Crippen LogP contribution is 2.44. The van der Waals surface area contributed by atoms with Crippen molar-refractivity contribution in [2.24, 2.45) is 5.92 Å². The number of piperidine rings is 1. The van der Waals surface area contributed by atoms with E-state index < -0.39 is 0 Å². The number of aromatic hydroxyl groups is 2. The van der Waals surface area contributed by atoms with Gasteiger partial charge >= 0.3 is 0 Å². The van der Waals surface area contributed by atoms with Gasteiger partial charge in [-0.25, -0.2) is 0 Å². The Hall–Kier alpha value is -0.840. The van der Waals surface area contributed by atoms with Gasteiger partial charge in [0.25, 0.3) is 0 Å². The van der Waals surface area contributed by atoms with Crippen LogP contribution < -0.4 is 5.32 Å². The first-order chi connectivity index (χ1) is 8.66. The van der Waals surface area contributed by atoms with Gasteiger partial charge in [-0.15, -0.1) is 11.8 Å². The van der Waals surface area contributed by atoms with Crippen molar-refractivity contribution < 1.29 is 10.2 Å². The normalized spacial score (nSPS) is 30.4. The molecule has 3 unspecified atom stereocenters. The maximum Gasteiger partial charge on any atom is 0.176 e. The summed E-state index contributed by atoms with van der Waals surface area (Å²) in [4.78, 5) is 0. The van der Waals surface area contributed by atoms with Gasteiger partial charge in [-0.1, -0.05) is 17.7 Å². The fourth-order valence-corrected chi connectivity index (χ4v) is 4.08. The SMILES string of the molecule is Oc1cc(C2CNCC3SC=CC32)cc(Cl)c1O. The van der Waals surface area contributed by atoms with Crippen molar-refractivity contribution >= 4 is 23.4 Å². The molecule has 2 heterocycles. The van der Waals surface area contributed by atoms with Gasteiger partial charge in [0.1, 0.15) is 0 Å². The van der Waals surface area contributed by atoms with Crippen LogP contribution in [-0.2, 0) is 0 Å². The first-order valence-corrected chi connectivity index (χ1v) is 7.23. The molecular formula is C13H14ClNO2S. The molecule has 96 valence electrons. The molecule has 0 radical (unpaired) electrons. The highest BCUT2D eigenvalue weighted by Gasteiger charge is 2.35. The number of halogens is 1. The number of hydrogen-bond donors (Lipinski definition) is 3. The van der Waals surface area contributed by atoms with Crippen LogP contribution in [-0.4, -0.2) is 28.6 Å². The van der Waals surface area contributed by atoms with Crippen LogP contribution in [0.3, 0.4) is 0 Å². The molecule has 0 amide bonds. The second-order valence-electron chi connectivity index (χ2n) is 4.72. The summed E-state index contributed by atoms with van der Waals surface area (Å²) in [5, 5.41) is 25.5. The van der Waals surface area contributed by atoms with Crippen molar-refractivity contribution in [2.45, 2.75) is 11.2 Å². The molecule has 1 aromatic rings. The summed E-state index contributed by atoms with van der Waals surface area (Å²) in [7, 11) is 0. The summed E-state index contributed by atoms with van der Waals surface area (Å²) in [5.74, 6) is 0.376. The fraction of sp³-hybridized carbons (Fsp3) is 0.385. The molecule has 3 atom stereocenters. The first kappa shape index (κ1) is 12.2. The molecule has 3 nitrogen and oxygen atoms in total. The van der Waals surface area contributed by atoms with Crippen LogP contribution in [0.15, 0.2) is 23.6 Å². The summed E-state index contributed by atoms with van der Waals surface area (Å²) in [5.41, 5.74) is 0.977. The minimum absolute atomic E-state index is 0.144. The predicted molar refractivity (Wildman–Crippen MR) is 74.4 cm³/mol. The average molecular weight is 284 g/mol. The van der Waals surface area contributed by atoms with E-state index in [0.717, 1.165) is 18.7 Å². The molecule has 1 fully saturated rings.